The zero-order chi connectivity index (χ0) is 29.6. The lowest BCUT2D eigenvalue weighted by Gasteiger charge is -2.03. The molecule has 41 heavy (non-hydrogen) atoms. The molecule has 0 aliphatic rings. The fourth-order valence-electron chi connectivity index (χ4n) is 2.88. The van der Waals surface area contributed by atoms with E-state index in [1.54, 1.807) is 60.7 Å². The first-order chi connectivity index (χ1) is 19.7. The van der Waals surface area contributed by atoms with Crippen LogP contribution >= 0.6 is 0 Å². The maximum atomic E-state index is 14.8. The molecule has 3 aromatic carbocycles. The highest BCUT2D eigenvalue weighted by atomic mass is 19.1. The summed E-state index contributed by atoms with van der Waals surface area (Å²) in [5.41, 5.74) is 2.33. The van der Waals surface area contributed by atoms with Crippen molar-refractivity contribution in [3.05, 3.63) is 144 Å². The summed E-state index contributed by atoms with van der Waals surface area (Å²) in [7, 11) is 0. The van der Waals surface area contributed by atoms with Crippen LogP contribution in [0, 0.1) is 29.5 Å². The van der Waals surface area contributed by atoms with E-state index < -0.39 is 17.8 Å². The number of hydrogen-bond acceptors (Lipinski definition) is 6. The van der Waals surface area contributed by atoms with E-state index in [0.717, 1.165) is 12.5 Å². The number of para-hydroxylation sites is 1. The molecule has 0 atom stereocenters. The summed E-state index contributed by atoms with van der Waals surface area (Å²) in [6, 6.07) is 18.3. The highest BCUT2D eigenvalue weighted by molar-refractivity contribution is 5.87. The highest BCUT2D eigenvalue weighted by Crippen LogP contribution is 2.18. The lowest BCUT2D eigenvalue weighted by molar-refractivity contribution is -0.134. The summed E-state index contributed by atoms with van der Waals surface area (Å²) in [4.78, 5) is 22.8. The van der Waals surface area contributed by atoms with Crippen molar-refractivity contribution in [1.29, 1.82) is 0 Å². The first-order valence-corrected chi connectivity index (χ1v) is 12.1. The molecule has 0 aliphatic carbocycles. The fraction of sp³-hybridized carbons (Fsp3) is 0.0588. The first kappa shape index (κ1) is 29.8. The van der Waals surface area contributed by atoms with Crippen LogP contribution in [0.1, 0.15) is 36.1 Å². The Bertz CT molecular complexity index is 1660. The molecule has 0 heterocycles. The van der Waals surface area contributed by atoms with Gasteiger partial charge >= 0.3 is 11.9 Å². The lowest BCUT2D eigenvalue weighted by Crippen LogP contribution is -1.99. The molecule has 0 spiro atoms. The van der Waals surface area contributed by atoms with Gasteiger partial charge in [0.05, 0.1) is 11.1 Å². The number of rotatable bonds is 8. The molecule has 0 saturated carbocycles. The number of halogens is 1. The van der Waals surface area contributed by atoms with E-state index in [1.165, 1.54) is 32.4 Å². The summed E-state index contributed by atoms with van der Waals surface area (Å²) >= 11 is 0. The Morgan fingerprint density at radius 2 is 1.29 bits per heavy atom. The van der Waals surface area contributed by atoms with Crippen LogP contribution in [-0.4, -0.2) is 11.9 Å². The van der Waals surface area contributed by atoms with Crippen molar-refractivity contribution in [2.45, 2.75) is 13.8 Å². The molecular formula is C34H25FO6. The van der Waals surface area contributed by atoms with Crippen molar-refractivity contribution in [2.75, 3.05) is 0 Å². The number of esters is 2. The average molecular weight is 549 g/mol. The summed E-state index contributed by atoms with van der Waals surface area (Å²) in [5.74, 6) is 10.8. The first-order valence-electron chi connectivity index (χ1n) is 12.1. The van der Waals surface area contributed by atoms with Gasteiger partial charge in [-0.15, -0.1) is 0 Å². The summed E-state index contributed by atoms with van der Waals surface area (Å²) in [5, 5.41) is 0. The average Bonchev–Trinajstić information content (AvgIpc) is 2.96. The molecule has 0 bridgehead atoms. The number of carbonyl (C=O) groups is 2. The largest absolute Gasteiger partial charge is 0.462 e. The van der Waals surface area contributed by atoms with Gasteiger partial charge in [-0.25, -0.2) is 14.0 Å². The minimum absolute atomic E-state index is 0.201. The molecule has 0 N–H and O–H groups in total. The molecule has 0 saturated heterocycles. The molecule has 0 fully saturated rings. The molecule has 0 amide bonds. The number of hydrogen-bond donors (Lipinski definition) is 0. The van der Waals surface area contributed by atoms with E-state index in [1.807, 2.05) is 0 Å². The van der Waals surface area contributed by atoms with Gasteiger partial charge in [0.25, 0.3) is 0 Å². The SMILES string of the molecule is C=C(C)C(=O)O/C=C\Oc1cccc(C#Cc2ccc(C#Cc3ccccc3O/C=C\OC(=O)C(=C)C)cc2F)c1. The Hall–Kier alpha value is -5.79. The quantitative estimate of drug-likeness (QED) is 0.137. The molecule has 7 heteroatoms. The maximum absolute atomic E-state index is 14.8. The molecule has 0 aliphatic heterocycles. The lowest BCUT2D eigenvalue weighted by atomic mass is 10.1. The second kappa shape index (κ2) is 15.0. The van der Waals surface area contributed by atoms with Crippen LogP contribution in [-0.2, 0) is 19.1 Å². The Morgan fingerprint density at radius 3 is 1.95 bits per heavy atom. The molecule has 0 unspecified atom stereocenters. The van der Waals surface area contributed by atoms with Crippen molar-refractivity contribution in [2.24, 2.45) is 0 Å². The van der Waals surface area contributed by atoms with E-state index >= 15 is 0 Å². The molecule has 204 valence electrons. The standard InChI is InChI=1S/C34H25FO6/c1-24(2)33(36)40-20-18-38-30-10-7-8-26(22-30)12-15-28-16-13-27(23-31(28)35)14-17-29-9-5-6-11-32(29)39-19-21-41-34(37)25(3)4/h5-11,13,16,18-23H,1,3H2,2,4H3/b20-18-,21-19-. The van der Waals surface area contributed by atoms with E-state index in [2.05, 4.69) is 36.8 Å². The van der Waals surface area contributed by atoms with Crippen molar-refractivity contribution in [3.8, 4) is 35.2 Å². The smallest absolute Gasteiger partial charge is 0.338 e. The van der Waals surface area contributed by atoms with Crippen LogP contribution in [0.5, 0.6) is 11.5 Å². The van der Waals surface area contributed by atoms with Gasteiger partial charge in [0.1, 0.15) is 42.4 Å². The normalized spacial score (nSPS) is 10.1. The van der Waals surface area contributed by atoms with E-state index in [-0.39, 0.29) is 16.7 Å². The monoisotopic (exact) mass is 548 g/mol. The summed E-state index contributed by atoms with van der Waals surface area (Å²) in [6.07, 6.45) is 4.66. The van der Waals surface area contributed by atoms with Gasteiger partial charge in [-0.1, -0.05) is 55.0 Å². The molecule has 0 radical (unpaired) electrons. The van der Waals surface area contributed by atoms with Crippen LogP contribution in [0.4, 0.5) is 4.39 Å². The molecule has 6 nitrogen and oxygen atoms in total. The van der Waals surface area contributed by atoms with Crippen LogP contribution in [0.15, 0.2) is 116 Å². The van der Waals surface area contributed by atoms with Crippen molar-refractivity contribution in [1.82, 2.24) is 0 Å². The van der Waals surface area contributed by atoms with Gasteiger partial charge in [0.2, 0.25) is 0 Å². The molecule has 3 aromatic rings. The van der Waals surface area contributed by atoms with Crippen LogP contribution in [0.2, 0.25) is 0 Å². The van der Waals surface area contributed by atoms with Gasteiger partial charge in [-0.3, -0.25) is 0 Å². The topological polar surface area (TPSA) is 71.1 Å². The predicted octanol–water partition coefficient (Wildman–Crippen LogP) is 6.56. The molecular weight excluding hydrogens is 523 g/mol. The minimum Gasteiger partial charge on any atom is -0.462 e. The number of ether oxygens (including phenoxy) is 4. The van der Waals surface area contributed by atoms with Gasteiger partial charge in [-0.2, -0.15) is 0 Å². The minimum atomic E-state index is -0.566. The zero-order valence-electron chi connectivity index (χ0n) is 22.4. The van der Waals surface area contributed by atoms with E-state index in [9.17, 15) is 14.0 Å². The summed E-state index contributed by atoms with van der Waals surface area (Å²) in [6.45, 7) is 10.1. The van der Waals surface area contributed by atoms with Gasteiger partial charge < -0.3 is 18.9 Å². The second-order valence-corrected chi connectivity index (χ2v) is 8.37. The van der Waals surface area contributed by atoms with Crippen molar-refractivity contribution >= 4 is 11.9 Å². The number of carbonyl (C=O) groups excluding carboxylic acids is 2. The zero-order valence-corrected chi connectivity index (χ0v) is 22.4. The molecule has 0 aromatic heterocycles. The van der Waals surface area contributed by atoms with Crippen molar-refractivity contribution in [3.63, 3.8) is 0 Å². The Balaban J connectivity index is 1.66. The van der Waals surface area contributed by atoms with E-state index in [0.29, 0.717) is 28.2 Å². The Labute approximate surface area is 238 Å². The predicted molar refractivity (Wildman–Crippen MR) is 153 cm³/mol. The maximum Gasteiger partial charge on any atom is 0.338 e. The summed E-state index contributed by atoms with van der Waals surface area (Å²) < 4.78 is 35.3. The van der Waals surface area contributed by atoms with Crippen molar-refractivity contribution < 1.29 is 32.9 Å². The third kappa shape index (κ3) is 9.79. The second-order valence-electron chi connectivity index (χ2n) is 8.37. The van der Waals surface area contributed by atoms with E-state index in [4.69, 9.17) is 18.9 Å². The molecule has 3 rings (SSSR count). The van der Waals surface area contributed by atoms with Crippen LogP contribution in [0.3, 0.4) is 0 Å². The van der Waals surface area contributed by atoms with Crippen LogP contribution < -0.4 is 9.47 Å². The van der Waals surface area contributed by atoms with Gasteiger partial charge in [0.15, 0.2) is 0 Å². The number of benzene rings is 3. The third-order valence-corrected chi connectivity index (χ3v) is 4.93. The Morgan fingerprint density at radius 1 is 0.683 bits per heavy atom. The van der Waals surface area contributed by atoms with Gasteiger partial charge in [-0.05, 0) is 62.4 Å². The third-order valence-electron chi connectivity index (χ3n) is 4.93. The fourth-order valence-corrected chi connectivity index (χ4v) is 2.88. The van der Waals surface area contributed by atoms with Gasteiger partial charge in [0, 0.05) is 22.3 Å². The highest BCUT2D eigenvalue weighted by Gasteiger charge is 2.03. The Kier molecular flexibility index (Phi) is 10.9. The van der Waals surface area contributed by atoms with Crippen LogP contribution in [0.25, 0.3) is 0 Å².